The van der Waals surface area contributed by atoms with Gasteiger partial charge < -0.3 is 24.8 Å². The van der Waals surface area contributed by atoms with E-state index in [2.05, 4.69) is 10.6 Å². The van der Waals surface area contributed by atoms with Crippen molar-refractivity contribution in [2.75, 3.05) is 41.0 Å². The largest absolute Gasteiger partial charge is 0.493 e. The number of carbonyl (C=O) groups is 1. The Hall–Kier alpha value is -1.95. The number of rotatable bonds is 9. The molecule has 1 aliphatic rings. The highest BCUT2D eigenvalue weighted by atomic mass is 16.5. The Labute approximate surface area is 143 Å². The smallest absolute Gasteiger partial charge is 0.220 e. The second kappa shape index (κ2) is 9.37. The van der Waals surface area contributed by atoms with Gasteiger partial charge in [-0.2, -0.15) is 0 Å². The first-order chi connectivity index (χ1) is 11.7. The van der Waals surface area contributed by atoms with Crippen molar-refractivity contribution in [3.63, 3.8) is 0 Å². The predicted molar refractivity (Wildman–Crippen MR) is 93.0 cm³/mol. The van der Waals surface area contributed by atoms with Crippen LogP contribution in [0, 0.1) is 5.92 Å². The molecule has 1 aliphatic heterocycles. The molecule has 1 unspecified atom stereocenters. The first kappa shape index (κ1) is 18.4. The van der Waals surface area contributed by atoms with Crippen LogP contribution in [-0.4, -0.2) is 46.9 Å². The number of hydrogen-bond acceptors (Lipinski definition) is 5. The van der Waals surface area contributed by atoms with E-state index in [-0.39, 0.29) is 5.91 Å². The van der Waals surface area contributed by atoms with Gasteiger partial charge in [0.2, 0.25) is 11.7 Å². The lowest BCUT2D eigenvalue weighted by atomic mass is 10.1. The SMILES string of the molecule is COc1cc(CCC(=O)NCCC2CCNC2)cc(OC)c1OC. The maximum Gasteiger partial charge on any atom is 0.220 e. The Kier molecular flexibility index (Phi) is 7.18. The average Bonchev–Trinajstić information content (AvgIpc) is 3.12. The van der Waals surface area contributed by atoms with Gasteiger partial charge in [0.05, 0.1) is 21.3 Å². The summed E-state index contributed by atoms with van der Waals surface area (Å²) in [6.45, 7) is 2.92. The maximum atomic E-state index is 12.0. The Morgan fingerprint density at radius 3 is 2.46 bits per heavy atom. The topological polar surface area (TPSA) is 68.8 Å². The van der Waals surface area contributed by atoms with Crippen LogP contribution in [0.15, 0.2) is 12.1 Å². The summed E-state index contributed by atoms with van der Waals surface area (Å²) in [7, 11) is 4.75. The molecule has 1 aromatic rings. The fourth-order valence-electron chi connectivity index (χ4n) is 3.00. The Balaban J connectivity index is 1.83. The van der Waals surface area contributed by atoms with Gasteiger partial charge in [0.25, 0.3) is 0 Å². The molecule has 0 bridgehead atoms. The summed E-state index contributed by atoms with van der Waals surface area (Å²) in [4.78, 5) is 12.0. The monoisotopic (exact) mass is 336 g/mol. The third kappa shape index (κ3) is 5.03. The molecule has 24 heavy (non-hydrogen) atoms. The molecule has 1 atom stereocenters. The lowest BCUT2D eigenvalue weighted by Crippen LogP contribution is -2.26. The van der Waals surface area contributed by atoms with E-state index in [1.54, 1.807) is 21.3 Å². The van der Waals surface area contributed by atoms with Crippen molar-refractivity contribution in [1.82, 2.24) is 10.6 Å². The zero-order valence-electron chi connectivity index (χ0n) is 14.8. The summed E-state index contributed by atoms with van der Waals surface area (Å²) in [6.07, 6.45) is 3.33. The molecule has 6 nitrogen and oxygen atoms in total. The van der Waals surface area contributed by atoms with Crippen molar-refractivity contribution >= 4 is 5.91 Å². The molecule has 1 saturated heterocycles. The van der Waals surface area contributed by atoms with Gasteiger partial charge in [-0.05, 0) is 56.0 Å². The molecule has 2 N–H and O–H groups in total. The molecule has 0 saturated carbocycles. The van der Waals surface area contributed by atoms with Crippen LogP contribution in [0.25, 0.3) is 0 Å². The molecule has 0 aliphatic carbocycles. The molecule has 1 amide bonds. The molecule has 1 fully saturated rings. The summed E-state index contributed by atoms with van der Waals surface area (Å²) in [5.74, 6) is 2.57. The van der Waals surface area contributed by atoms with Gasteiger partial charge in [-0.25, -0.2) is 0 Å². The molecular formula is C18H28N2O4. The van der Waals surface area contributed by atoms with E-state index < -0.39 is 0 Å². The summed E-state index contributed by atoms with van der Waals surface area (Å²) < 4.78 is 16.0. The highest BCUT2D eigenvalue weighted by Gasteiger charge is 2.15. The highest BCUT2D eigenvalue weighted by molar-refractivity contribution is 5.76. The lowest BCUT2D eigenvalue weighted by Gasteiger charge is -2.14. The summed E-state index contributed by atoms with van der Waals surface area (Å²) in [5.41, 5.74) is 0.986. The number of carbonyl (C=O) groups excluding carboxylic acids is 1. The third-order valence-corrected chi connectivity index (χ3v) is 4.40. The van der Waals surface area contributed by atoms with E-state index in [1.807, 2.05) is 12.1 Å². The second-order valence-corrected chi connectivity index (χ2v) is 6.03. The fraction of sp³-hybridized carbons (Fsp3) is 0.611. The molecule has 1 heterocycles. The normalized spacial score (nSPS) is 16.7. The molecular weight excluding hydrogens is 308 g/mol. The number of ether oxygens (including phenoxy) is 3. The van der Waals surface area contributed by atoms with Gasteiger partial charge in [0.15, 0.2) is 11.5 Å². The van der Waals surface area contributed by atoms with Crippen LogP contribution in [0.5, 0.6) is 17.2 Å². The van der Waals surface area contributed by atoms with Gasteiger partial charge >= 0.3 is 0 Å². The molecule has 1 aromatic carbocycles. The second-order valence-electron chi connectivity index (χ2n) is 6.03. The van der Waals surface area contributed by atoms with Crippen LogP contribution in [0.4, 0.5) is 0 Å². The number of nitrogens with one attached hydrogen (secondary N) is 2. The first-order valence-electron chi connectivity index (χ1n) is 8.44. The maximum absolute atomic E-state index is 12.0. The van der Waals surface area contributed by atoms with Crippen molar-refractivity contribution in [2.24, 2.45) is 5.92 Å². The Morgan fingerprint density at radius 1 is 1.21 bits per heavy atom. The lowest BCUT2D eigenvalue weighted by molar-refractivity contribution is -0.121. The zero-order valence-corrected chi connectivity index (χ0v) is 14.8. The minimum Gasteiger partial charge on any atom is -0.493 e. The van der Waals surface area contributed by atoms with E-state index in [0.29, 0.717) is 36.0 Å². The molecule has 6 heteroatoms. The molecule has 134 valence electrons. The van der Waals surface area contributed by atoms with E-state index in [1.165, 1.54) is 6.42 Å². The van der Waals surface area contributed by atoms with Crippen molar-refractivity contribution in [1.29, 1.82) is 0 Å². The first-order valence-corrected chi connectivity index (χ1v) is 8.44. The number of aryl methyl sites for hydroxylation is 1. The van der Waals surface area contributed by atoms with Gasteiger partial charge in [0, 0.05) is 13.0 Å². The standard InChI is InChI=1S/C18H28N2O4/c1-22-15-10-14(11-16(23-2)18(15)24-3)4-5-17(21)20-9-7-13-6-8-19-12-13/h10-11,13,19H,4-9,12H2,1-3H3,(H,20,21). The number of benzene rings is 1. The Bertz CT molecular complexity index is 517. The summed E-state index contributed by atoms with van der Waals surface area (Å²) >= 11 is 0. The van der Waals surface area contributed by atoms with Crippen molar-refractivity contribution in [3.05, 3.63) is 17.7 Å². The van der Waals surface area contributed by atoms with Crippen molar-refractivity contribution in [2.45, 2.75) is 25.7 Å². The Morgan fingerprint density at radius 2 is 1.92 bits per heavy atom. The number of hydrogen-bond donors (Lipinski definition) is 2. The minimum absolute atomic E-state index is 0.0784. The molecule has 0 spiro atoms. The van der Waals surface area contributed by atoms with Crippen molar-refractivity contribution in [3.8, 4) is 17.2 Å². The van der Waals surface area contributed by atoms with Gasteiger partial charge in [0.1, 0.15) is 0 Å². The average molecular weight is 336 g/mol. The van der Waals surface area contributed by atoms with E-state index in [9.17, 15) is 4.79 Å². The molecule has 0 radical (unpaired) electrons. The molecule has 0 aromatic heterocycles. The van der Waals surface area contributed by atoms with Crippen LogP contribution >= 0.6 is 0 Å². The fourth-order valence-corrected chi connectivity index (χ4v) is 3.00. The minimum atomic E-state index is 0.0784. The van der Waals surface area contributed by atoms with Crippen LogP contribution in [0.2, 0.25) is 0 Å². The van der Waals surface area contributed by atoms with Gasteiger partial charge in [-0.15, -0.1) is 0 Å². The van der Waals surface area contributed by atoms with E-state index >= 15 is 0 Å². The van der Waals surface area contributed by atoms with Gasteiger partial charge in [-0.3, -0.25) is 4.79 Å². The molecule has 2 rings (SSSR count). The summed E-state index contributed by atoms with van der Waals surface area (Å²) in [5, 5.41) is 6.35. The van der Waals surface area contributed by atoms with E-state index in [4.69, 9.17) is 14.2 Å². The van der Waals surface area contributed by atoms with Crippen molar-refractivity contribution < 1.29 is 19.0 Å². The number of methoxy groups -OCH3 is 3. The van der Waals surface area contributed by atoms with Crippen LogP contribution < -0.4 is 24.8 Å². The quantitative estimate of drug-likeness (QED) is 0.719. The predicted octanol–water partition coefficient (Wildman–Crippen LogP) is 1.76. The third-order valence-electron chi connectivity index (χ3n) is 4.40. The van der Waals surface area contributed by atoms with Crippen LogP contribution in [0.1, 0.15) is 24.8 Å². The van der Waals surface area contributed by atoms with E-state index in [0.717, 1.165) is 31.6 Å². The highest BCUT2D eigenvalue weighted by Crippen LogP contribution is 2.38. The zero-order chi connectivity index (χ0) is 17.4. The van der Waals surface area contributed by atoms with Gasteiger partial charge in [-0.1, -0.05) is 0 Å². The van der Waals surface area contributed by atoms with Crippen LogP contribution in [-0.2, 0) is 11.2 Å². The number of amides is 1. The summed E-state index contributed by atoms with van der Waals surface area (Å²) in [6, 6.07) is 3.78. The van der Waals surface area contributed by atoms with Crippen LogP contribution in [0.3, 0.4) is 0 Å².